The smallest absolute Gasteiger partial charge is 0.308 e. The molecule has 19 heavy (non-hydrogen) atoms. The van der Waals surface area contributed by atoms with E-state index >= 15 is 0 Å². The predicted molar refractivity (Wildman–Crippen MR) is 70.4 cm³/mol. The van der Waals surface area contributed by atoms with E-state index in [-0.39, 0.29) is 0 Å². The van der Waals surface area contributed by atoms with Gasteiger partial charge >= 0.3 is 5.97 Å². The van der Waals surface area contributed by atoms with Crippen LogP contribution in [0.5, 0.6) is 11.5 Å². The van der Waals surface area contributed by atoms with E-state index in [9.17, 15) is 4.79 Å². The molecule has 1 aliphatic heterocycles. The van der Waals surface area contributed by atoms with Crippen LogP contribution in [0.3, 0.4) is 0 Å². The molecule has 0 spiro atoms. The Morgan fingerprint density at radius 2 is 2.05 bits per heavy atom. The molecule has 104 valence electrons. The van der Waals surface area contributed by atoms with E-state index in [2.05, 4.69) is 0 Å². The lowest BCUT2D eigenvalue weighted by Gasteiger charge is -2.20. The molecule has 5 heteroatoms. The molecule has 2 unspecified atom stereocenters. The van der Waals surface area contributed by atoms with Gasteiger partial charge in [0, 0.05) is 12.5 Å². The van der Waals surface area contributed by atoms with Crippen LogP contribution in [-0.2, 0) is 4.79 Å². The molecule has 0 aromatic heterocycles. The van der Waals surface area contributed by atoms with E-state index in [1.54, 1.807) is 12.1 Å². The minimum atomic E-state index is -0.873. The van der Waals surface area contributed by atoms with Gasteiger partial charge in [-0.3, -0.25) is 4.79 Å². The molecule has 3 N–H and O–H groups in total. The first kappa shape index (κ1) is 13.7. The average molecular weight is 265 g/mol. The molecular weight excluding hydrogens is 246 g/mol. The second-order valence-electron chi connectivity index (χ2n) is 4.64. The summed E-state index contributed by atoms with van der Waals surface area (Å²) in [6.45, 7) is 3.05. The van der Waals surface area contributed by atoms with Crippen LogP contribution in [0, 0.1) is 5.92 Å². The molecule has 0 radical (unpaired) electrons. The van der Waals surface area contributed by atoms with Crippen molar-refractivity contribution >= 4 is 5.97 Å². The molecule has 1 heterocycles. The Morgan fingerprint density at radius 3 is 2.68 bits per heavy atom. The maximum absolute atomic E-state index is 11.2. The van der Waals surface area contributed by atoms with Gasteiger partial charge in [0.1, 0.15) is 0 Å². The third-order valence-electron chi connectivity index (χ3n) is 3.35. The summed E-state index contributed by atoms with van der Waals surface area (Å²) in [6, 6.07) is 4.85. The van der Waals surface area contributed by atoms with Crippen LogP contribution in [0.2, 0.25) is 0 Å². The van der Waals surface area contributed by atoms with Crippen molar-refractivity contribution < 1.29 is 19.4 Å². The van der Waals surface area contributed by atoms with Crippen molar-refractivity contribution in [2.45, 2.75) is 25.8 Å². The molecule has 2 rings (SSSR count). The molecule has 1 aromatic carbocycles. The lowest BCUT2D eigenvalue weighted by Crippen LogP contribution is -2.27. The summed E-state index contributed by atoms with van der Waals surface area (Å²) < 4.78 is 11.1. The van der Waals surface area contributed by atoms with Crippen LogP contribution in [0.25, 0.3) is 0 Å². The zero-order chi connectivity index (χ0) is 13.8. The van der Waals surface area contributed by atoms with Crippen molar-refractivity contribution in [2.75, 3.05) is 13.2 Å². The number of hydrogen-bond acceptors (Lipinski definition) is 4. The Hall–Kier alpha value is -1.75. The van der Waals surface area contributed by atoms with Gasteiger partial charge < -0.3 is 20.3 Å². The number of carbonyl (C=O) groups is 1. The van der Waals surface area contributed by atoms with Gasteiger partial charge in [-0.15, -0.1) is 0 Å². The highest BCUT2D eigenvalue weighted by Gasteiger charge is 2.25. The minimum Gasteiger partial charge on any atom is -0.490 e. The molecule has 0 bridgehead atoms. The highest BCUT2D eigenvalue weighted by Crippen LogP contribution is 2.34. The Labute approximate surface area is 112 Å². The van der Waals surface area contributed by atoms with Crippen LogP contribution in [-0.4, -0.2) is 24.3 Å². The van der Waals surface area contributed by atoms with Gasteiger partial charge in [-0.2, -0.15) is 0 Å². The minimum absolute atomic E-state index is 0.491. The van der Waals surface area contributed by atoms with E-state index < -0.39 is 17.9 Å². The van der Waals surface area contributed by atoms with Crippen molar-refractivity contribution in [3.8, 4) is 11.5 Å². The quantitative estimate of drug-likeness (QED) is 0.869. The Morgan fingerprint density at radius 1 is 1.37 bits per heavy atom. The fourth-order valence-corrected chi connectivity index (χ4v) is 2.20. The van der Waals surface area contributed by atoms with Gasteiger partial charge in [0.15, 0.2) is 11.5 Å². The summed E-state index contributed by atoms with van der Waals surface area (Å²) in [7, 11) is 0. The number of carboxylic acids is 1. The fraction of sp³-hybridized carbons (Fsp3) is 0.500. The Bertz CT molecular complexity index is 461. The first-order chi connectivity index (χ1) is 9.13. The van der Waals surface area contributed by atoms with Crippen molar-refractivity contribution in [3.63, 3.8) is 0 Å². The Kier molecular flexibility index (Phi) is 4.27. The van der Waals surface area contributed by atoms with E-state index in [0.717, 1.165) is 12.0 Å². The standard InChI is InChI=1S/C14H19NO4/c1-2-10(14(16)17)13(15)9-4-5-11-12(8-9)19-7-3-6-18-11/h4-5,8,10,13H,2-3,6-7,15H2,1H3,(H,16,17). The van der Waals surface area contributed by atoms with Crippen molar-refractivity contribution in [2.24, 2.45) is 11.7 Å². The van der Waals surface area contributed by atoms with Crippen LogP contribution >= 0.6 is 0 Å². The molecule has 5 nitrogen and oxygen atoms in total. The molecule has 0 amide bonds. The molecular formula is C14H19NO4. The number of ether oxygens (including phenoxy) is 2. The molecule has 0 aliphatic carbocycles. The summed E-state index contributed by atoms with van der Waals surface area (Å²) in [5.41, 5.74) is 6.81. The second kappa shape index (κ2) is 5.93. The van der Waals surface area contributed by atoms with Gasteiger partial charge in [-0.25, -0.2) is 0 Å². The van der Waals surface area contributed by atoms with E-state index in [0.29, 0.717) is 31.1 Å². The summed E-state index contributed by atoms with van der Waals surface area (Å²) in [6.07, 6.45) is 1.33. The van der Waals surface area contributed by atoms with Crippen molar-refractivity contribution in [1.29, 1.82) is 0 Å². The van der Waals surface area contributed by atoms with Crippen LogP contribution in [0.1, 0.15) is 31.4 Å². The zero-order valence-corrected chi connectivity index (χ0v) is 11.0. The molecule has 0 saturated carbocycles. The summed E-state index contributed by atoms with van der Waals surface area (Å²) in [5.74, 6) is -0.130. The topological polar surface area (TPSA) is 81.8 Å². The largest absolute Gasteiger partial charge is 0.490 e. The van der Waals surface area contributed by atoms with Gasteiger partial charge in [-0.1, -0.05) is 13.0 Å². The fourth-order valence-electron chi connectivity index (χ4n) is 2.20. The molecule has 1 aliphatic rings. The van der Waals surface area contributed by atoms with E-state index in [1.165, 1.54) is 0 Å². The van der Waals surface area contributed by atoms with Crippen LogP contribution in [0.15, 0.2) is 18.2 Å². The zero-order valence-electron chi connectivity index (χ0n) is 11.0. The van der Waals surface area contributed by atoms with Crippen LogP contribution in [0.4, 0.5) is 0 Å². The summed E-state index contributed by atoms with van der Waals surface area (Å²) in [4.78, 5) is 11.2. The van der Waals surface area contributed by atoms with Gasteiger partial charge in [0.25, 0.3) is 0 Å². The number of rotatable bonds is 4. The molecule has 1 aromatic rings. The van der Waals surface area contributed by atoms with E-state index in [4.69, 9.17) is 20.3 Å². The summed E-state index contributed by atoms with van der Waals surface area (Å²) >= 11 is 0. The normalized spacial score (nSPS) is 17.4. The lowest BCUT2D eigenvalue weighted by atomic mass is 9.91. The number of benzene rings is 1. The van der Waals surface area contributed by atoms with Gasteiger partial charge in [0.2, 0.25) is 0 Å². The van der Waals surface area contributed by atoms with Gasteiger partial charge in [-0.05, 0) is 24.1 Å². The number of fused-ring (bicyclic) bond motifs is 1. The molecule has 0 saturated heterocycles. The van der Waals surface area contributed by atoms with E-state index in [1.807, 2.05) is 13.0 Å². The average Bonchev–Trinajstić information content (AvgIpc) is 2.63. The van der Waals surface area contributed by atoms with Crippen molar-refractivity contribution in [1.82, 2.24) is 0 Å². The lowest BCUT2D eigenvalue weighted by molar-refractivity contribution is -0.142. The maximum Gasteiger partial charge on any atom is 0.308 e. The number of aliphatic carboxylic acids is 1. The van der Waals surface area contributed by atoms with Gasteiger partial charge in [0.05, 0.1) is 19.1 Å². The number of hydrogen-bond donors (Lipinski definition) is 2. The first-order valence-corrected chi connectivity index (χ1v) is 6.51. The number of carboxylic acid groups (broad SMARTS) is 1. The SMILES string of the molecule is CCC(C(=O)O)C(N)c1ccc2c(c1)OCCCO2. The monoisotopic (exact) mass is 265 g/mol. The Balaban J connectivity index is 2.25. The van der Waals surface area contributed by atoms with Crippen molar-refractivity contribution in [3.05, 3.63) is 23.8 Å². The highest BCUT2D eigenvalue weighted by molar-refractivity contribution is 5.71. The summed E-state index contributed by atoms with van der Waals surface area (Å²) in [5, 5.41) is 9.15. The number of nitrogens with two attached hydrogens (primary N) is 1. The molecule has 0 fully saturated rings. The highest BCUT2D eigenvalue weighted by atomic mass is 16.5. The third-order valence-corrected chi connectivity index (χ3v) is 3.35. The maximum atomic E-state index is 11.2. The predicted octanol–water partition coefficient (Wildman–Crippen LogP) is 1.96. The first-order valence-electron chi connectivity index (χ1n) is 6.51. The second-order valence-corrected chi connectivity index (χ2v) is 4.64. The van der Waals surface area contributed by atoms with Crippen LogP contribution < -0.4 is 15.2 Å². The molecule has 2 atom stereocenters. The third kappa shape index (κ3) is 2.98.